The molecule has 0 aliphatic carbocycles. The van der Waals surface area contributed by atoms with E-state index in [1.807, 2.05) is 0 Å². The largest absolute Gasteiger partial charge is 0.480 e. The van der Waals surface area contributed by atoms with Gasteiger partial charge in [-0.3, -0.25) is 4.79 Å². The summed E-state index contributed by atoms with van der Waals surface area (Å²) >= 11 is 0. The number of carboxylic acids is 1. The van der Waals surface area contributed by atoms with Crippen LogP contribution in [-0.4, -0.2) is 23.0 Å². The Morgan fingerprint density at radius 3 is 2.45 bits per heavy atom. The lowest BCUT2D eigenvalue weighted by Gasteiger charge is -2.13. The van der Waals surface area contributed by atoms with Crippen LogP contribution < -0.4 is 5.32 Å². The number of carbonyl (C=O) groups excluding carboxylic acids is 1. The summed E-state index contributed by atoms with van der Waals surface area (Å²) in [4.78, 5) is 23.1. The Balaban J connectivity index is 2.40. The summed E-state index contributed by atoms with van der Waals surface area (Å²) < 4.78 is 13.7. The fourth-order valence-electron chi connectivity index (χ4n) is 2.03. The summed E-state index contributed by atoms with van der Waals surface area (Å²) in [6.07, 6.45) is 0.278. The zero-order valence-electron chi connectivity index (χ0n) is 10.9. The van der Waals surface area contributed by atoms with E-state index in [1.54, 1.807) is 31.2 Å². The van der Waals surface area contributed by atoms with Crippen molar-refractivity contribution >= 4 is 22.6 Å². The second-order valence-electron chi connectivity index (χ2n) is 4.41. The molecule has 0 heterocycles. The number of hydrogen-bond donors (Lipinski definition) is 2. The smallest absolute Gasteiger partial charge is 0.326 e. The van der Waals surface area contributed by atoms with E-state index in [1.165, 1.54) is 12.1 Å². The van der Waals surface area contributed by atoms with Crippen LogP contribution in [0.25, 0.3) is 10.8 Å². The number of carbonyl (C=O) groups is 2. The predicted octanol–water partition coefficient (Wildman–Crippen LogP) is 2.57. The van der Waals surface area contributed by atoms with E-state index < -0.39 is 23.7 Å². The topological polar surface area (TPSA) is 66.4 Å². The van der Waals surface area contributed by atoms with Crippen molar-refractivity contribution in [1.82, 2.24) is 5.32 Å². The Kier molecular flexibility index (Phi) is 3.98. The summed E-state index contributed by atoms with van der Waals surface area (Å²) in [5.74, 6) is -2.02. The predicted molar refractivity (Wildman–Crippen MR) is 73.1 cm³/mol. The van der Waals surface area contributed by atoms with E-state index in [2.05, 4.69) is 5.32 Å². The van der Waals surface area contributed by atoms with Gasteiger partial charge in [0.05, 0.1) is 0 Å². The summed E-state index contributed by atoms with van der Waals surface area (Å²) in [6, 6.07) is 8.21. The van der Waals surface area contributed by atoms with Crippen molar-refractivity contribution in [2.75, 3.05) is 0 Å². The molecule has 0 aliphatic heterocycles. The Labute approximate surface area is 115 Å². The first kappa shape index (κ1) is 14.0. The SMILES string of the molecule is CC[C@H](NC(=O)c1ccc(F)c2ccccc12)C(=O)O. The monoisotopic (exact) mass is 275 g/mol. The van der Waals surface area contributed by atoms with Gasteiger partial charge in [-0.15, -0.1) is 0 Å². The van der Waals surface area contributed by atoms with Crippen molar-refractivity contribution in [2.24, 2.45) is 0 Å². The Morgan fingerprint density at radius 1 is 1.20 bits per heavy atom. The number of halogens is 1. The van der Waals surface area contributed by atoms with Gasteiger partial charge in [0, 0.05) is 10.9 Å². The molecule has 4 nitrogen and oxygen atoms in total. The lowest BCUT2D eigenvalue weighted by atomic mass is 10.0. The normalized spacial score (nSPS) is 12.1. The lowest BCUT2D eigenvalue weighted by molar-refractivity contribution is -0.139. The molecular formula is C15H14FNO3. The van der Waals surface area contributed by atoms with Crippen molar-refractivity contribution < 1.29 is 19.1 Å². The standard InChI is InChI=1S/C15H14FNO3/c1-2-13(15(19)20)17-14(18)11-7-8-12(16)10-6-4-3-5-9(10)11/h3-8,13H,2H2,1H3,(H,17,18)(H,19,20)/t13-/m0/s1. The van der Waals surface area contributed by atoms with Gasteiger partial charge < -0.3 is 10.4 Å². The fourth-order valence-corrected chi connectivity index (χ4v) is 2.03. The number of amides is 1. The molecule has 0 saturated carbocycles. The first-order chi connectivity index (χ1) is 9.54. The summed E-state index contributed by atoms with van der Waals surface area (Å²) in [5.41, 5.74) is 0.265. The van der Waals surface area contributed by atoms with Crippen molar-refractivity contribution in [3.8, 4) is 0 Å². The Hall–Kier alpha value is -2.43. The molecule has 1 amide bonds. The minimum absolute atomic E-state index is 0.265. The molecule has 0 bridgehead atoms. The summed E-state index contributed by atoms with van der Waals surface area (Å²) in [6.45, 7) is 1.67. The molecule has 0 saturated heterocycles. The molecule has 0 spiro atoms. The Bertz CT molecular complexity index is 669. The fraction of sp³-hybridized carbons (Fsp3) is 0.200. The van der Waals surface area contributed by atoms with Crippen LogP contribution in [0.5, 0.6) is 0 Å². The highest BCUT2D eigenvalue weighted by molar-refractivity contribution is 6.08. The van der Waals surface area contributed by atoms with Gasteiger partial charge in [0.1, 0.15) is 11.9 Å². The minimum Gasteiger partial charge on any atom is -0.480 e. The van der Waals surface area contributed by atoms with Gasteiger partial charge in [0.15, 0.2) is 0 Å². The van der Waals surface area contributed by atoms with Crippen LogP contribution in [0, 0.1) is 5.82 Å². The average Bonchev–Trinajstić information content (AvgIpc) is 2.45. The molecule has 2 aromatic rings. The van der Waals surface area contributed by atoms with Crippen LogP contribution in [0.1, 0.15) is 23.7 Å². The number of aliphatic carboxylic acids is 1. The third-order valence-corrected chi connectivity index (χ3v) is 3.13. The molecule has 2 N–H and O–H groups in total. The number of fused-ring (bicyclic) bond motifs is 1. The molecule has 1 atom stereocenters. The van der Waals surface area contributed by atoms with Gasteiger partial charge in [0.2, 0.25) is 0 Å². The van der Waals surface area contributed by atoms with Crippen molar-refractivity contribution in [2.45, 2.75) is 19.4 Å². The average molecular weight is 275 g/mol. The van der Waals surface area contributed by atoms with Gasteiger partial charge in [-0.2, -0.15) is 0 Å². The number of benzene rings is 2. The molecule has 20 heavy (non-hydrogen) atoms. The molecule has 0 aromatic heterocycles. The van der Waals surface area contributed by atoms with Crippen molar-refractivity contribution in [3.05, 3.63) is 47.8 Å². The van der Waals surface area contributed by atoms with Crippen molar-refractivity contribution in [1.29, 1.82) is 0 Å². The van der Waals surface area contributed by atoms with Crippen LogP contribution in [-0.2, 0) is 4.79 Å². The van der Waals surface area contributed by atoms with Gasteiger partial charge in [-0.25, -0.2) is 9.18 Å². The van der Waals surface area contributed by atoms with Gasteiger partial charge >= 0.3 is 5.97 Å². The van der Waals surface area contributed by atoms with E-state index in [0.717, 1.165) is 0 Å². The molecule has 0 unspecified atom stereocenters. The molecule has 0 aliphatic rings. The van der Waals surface area contributed by atoms with Crippen LogP contribution in [0.15, 0.2) is 36.4 Å². The van der Waals surface area contributed by atoms with Crippen LogP contribution in [0.3, 0.4) is 0 Å². The Morgan fingerprint density at radius 2 is 1.85 bits per heavy atom. The molecule has 2 aromatic carbocycles. The maximum absolute atomic E-state index is 13.7. The molecule has 0 fully saturated rings. The van der Waals surface area contributed by atoms with Gasteiger partial charge in [0.25, 0.3) is 5.91 Å². The van der Waals surface area contributed by atoms with Crippen molar-refractivity contribution in [3.63, 3.8) is 0 Å². The highest BCUT2D eigenvalue weighted by atomic mass is 19.1. The first-order valence-electron chi connectivity index (χ1n) is 6.25. The van der Waals surface area contributed by atoms with E-state index in [0.29, 0.717) is 10.8 Å². The van der Waals surface area contributed by atoms with Gasteiger partial charge in [-0.05, 0) is 23.9 Å². The molecule has 2 rings (SSSR count). The molecule has 5 heteroatoms. The summed E-state index contributed by atoms with van der Waals surface area (Å²) in [7, 11) is 0. The highest BCUT2D eigenvalue weighted by Gasteiger charge is 2.20. The zero-order valence-corrected chi connectivity index (χ0v) is 10.9. The maximum Gasteiger partial charge on any atom is 0.326 e. The number of rotatable bonds is 4. The second-order valence-corrected chi connectivity index (χ2v) is 4.41. The third-order valence-electron chi connectivity index (χ3n) is 3.13. The first-order valence-corrected chi connectivity index (χ1v) is 6.25. The third kappa shape index (κ3) is 2.61. The van der Waals surface area contributed by atoms with Crippen LogP contribution in [0.4, 0.5) is 4.39 Å². The quantitative estimate of drug-likeness (QED) is 0.901. The minimum atomic E-state index is -1.09. The van der Waals surface area contributed by atoms with E-state index >= 15 is 0 Å². The maximum atomic E-state index is 13.7. The second kappa shape index (κ2) is 5.69. The van der Waals surface area contributed by atoms with Crippen LogP contribution >= 0.6 is 0 Å². The van der Waals surface area contributed by atoms with E-state index in [9.17, 15) is 14.0 Å². The number of carboxylic acid groups (broad SMARTS) is 1. The zero-order chi connectivity index (χ0) is 14.7. The summed E-state index contributed by atoms with van der Waals surface area (Å²) in [5, 5.41) is 12.2. The molecular weight excluding hydrogens is 261 g/mol. The lowest BCUT2D eigenvalue weighted by Crippen LogP contribution is -2.40. The number of hydrogen-bond acceptors (Lipinski definition) is 2. The molecule has 0 radical (unpaired) electrons. The highest BCUT2D eigenvalue weighted by Crippen LogP contribution is 2.21. The van der Waals surface area contributed by atoms with Crippen LogP contribution in [0.2, 0.25) is 0 Å². The van der Waals surface area contributed by atoms with E-state index in [4.69, 9.17) is 5.11 Å². The van der Waals surface area contributed by atoms with Gasteiger partial charge in [-0.1, -0.05) is 31.2 Å². The molecule has 104 valence electrons. The van der Waals surface area contributed by atoms with E-state index in [-0.39, 0.29) is 12.0 Å². The number of nitrogens with one attached hydrogen (secondary N) is 1.